The SMILES string of the molecule is Cn1c(CN2C[C@@H]3[C@@H](COc4ccccc4)[C@@H]3C2)nc2ccc(F)cc21. The van der Waals surface area contributed by atoms with E-state index in [9.17, 15) is 4.39 Å². The van der Waals surface area contributed by atoms with Gasteiger partial charge in [-0.05, 0) is 42.2 Å². The van der Waals surface area contributed by atoms with E-state index in [0.29, 0.717) is 5.92 Å². The molecule has 26 heavy (non-hydrogen) atoms. The highest BCUT2D eigenvalue weighted by atomic mass is 19.1. The van der Waals surface area contributed by atoms with E-state index in [1.165, 1.54) is 6.07 Å². The van der Waals surface area contributed by atoms with E-state index in [0.717, 1.165) is 60.7 Å². The Balaban J connectivity index is 1.19. The third-order valence-electron chi connectivity index (χ3n) is 5.93. The fourth-order valence-electron chi connectivity index (χ4n) is 4.38. The Hall–Kier alpha value is -2.40. The quantitative estimate of drug-likeness (QED) is 0.705. The highest BCUT2D eigenvalue weighted by molar-refractivity contribution is 5.75. The van der Waals surface area contributed by atoms with E-state index in [1.54, 1.807) is 12.1 Å². The fraction of sp³-hybridized carbons (Fsp3) is 0.381. The van der Waals surface area contributed by atoms with Crippen molar-refractivity contribution < 1.29 is 9.13 Å². The molecule has 0 radical (unpaired) electrons. The number of aryl methyl sites for hydroxylation is 1. The molecule has 0 amide bonds. The zero-order chi connectivity index (χ0) is 17.7. The van der Waals surface area contributed by atoms with Gasteiger partial charge in [0.1, 0.15) is 17.4 Å². The Morgan fingerprint density at radius 3 is 2.65 bits per heavy atom. The summed E-state index contributed by atoms with van der Waals surface area (Å²) in [5.74, 6) is 3.92. The van der Waals surface area contributed by atoms with E-state index in [2.05, 4.69) is 9.88 Å². The van der Waals surface area contributed by atoms with Gasteiger partial charge in [0, 0.05) is 26.1 Å². The first-order valence-electron chi connectivity index (χ1n) is 9.20. The van der Waals surface area contributed by atoms with Crippen molar-refractivity contribution in [2.45, 2.75) is 6.54 Å². The van der Waals surface area contributed by atoms with Crippen molar-refractivity contribution in [3.05, 3.63) is 60.2 Å². The molecule has 1 aliphatic carbocycles. The van der Waals surface area contributed by atoms with Gasteiger partial charge in [-0.1, -0.05) is 18.2 Å². The van der Waals surface area contributed by atoms with Crippen LogP contribution in [0.15, 0.2) is 48.5 Å². The topological polar surface area (TPSA) is 30.3 Å². The summed E-state index contributed by atoms with van der Waals surface area (Å²) in [7, 11) is 1.97. The molecule has 4 nitrogen and oxygen atoms in total. The second-order valence-electron chi connectivity index (χ2n) is 7.53. The zero-order valence-electron chi connectivity index (χ0n) is 14.8. The Kier molecular flexibility index (Phi) is 3.71. The van der Waals surface area contributed by atoms with Gasteiger partial charge in [-0.3, -0.25) is 4.90 Å². The Bertz CT molecular complexity index is 927. The lowest BCUT2D eigenvalue weighted by atomic mass is 10.2. The highest BCUT2D eigenvalue weighted by Crippen LogP contribution is 2.52. The predicted octanol–water partition coefficient (Wildman–Crippen LogP) is 3.47. The number of halogens is 1. The summed E-state index contributed by atoms with van der Waals surface area (Å²) in [6.45, 7) is 3.85. The molecule has 0 unspecified atom stereocenters. The summed E-state index contributed by atoms with van der Waals surface area (Å²) in [6.07, 6.45) is 0. The number of fused-ring (bicyclic) bond motifs is 2. The molecule has 0 bridgehead atoms. The van der Waals surface area contributed by atoms with Crippen molar-refractivity contribution in [1.82, 2.24) is 14.5 Å². The molecule has 1 aliphatic heterocycles. The highest BCUT2D eigenvalue weighted by Gasteiger charge is 2.55. The largest absolute Gasteiger partial charge is 0.493 e. The van der Waals surface area contributed by atoms with Crippen LogP contribution in [0.5, 0.6) is 5.75 Å². The lowest BCUT2D eigenvalue weighted by molar-refractivity contribution is 0.226. The van der Waals surface area contributed by atoms with E-state index in [1.807, 2.05) is 41.9 Å². The average molecular weight is 351 g/mol. The minimum absolute atomic E-state index is 0.212. The lowest BCUT2D eigenvalue weighted by Crippen LogP contribution is -2.26. The van der Waals surface area contributed by atoms with Crippen LogP contribution in [0, 0.1) is 23.6 Å². The Labute approximate surface area is 152 Å². The van der Waals surface area contributed by atoms with Gasteiger partial charge in [0.25, 0.3) is 0 Å². The summed E-state index contributed by atoms with van der Waals surface area (Å²) >= 11 is 0. The number of ether oxygens (including phenoxy) is 1. The predicted molar refractivity (Wildman–Crippen MR) is 98.4 cm³/mol. The van der Waals surface area contributed by atoms with Crippen LogP contribution >= 0.6 is 0 Å². The fourth-order valence-corrected chi connectivity index (χ4v) is 4.38. The molecule has 5 rings (SSSR count). The molecular formula is C21H22FN3O. The van der Waals surface area contributed by atoms with Gasteiger partial charge in [0.2, 0.25) is 0 Å². The van der Waals surface area contributed by atoms with Gasteiger partial charge in [-0.2, -0.15) is 0 Å². The van der Waals surface area contributed by atoms with Crippen LogP contribution in [-0.4, -0.2) is 34.1 Å². The van der Waals surface area contributed by atoms with Crippen molar-refractivity contribution in [2.75, 3.05) is 19.7 Å². The molecular weight excluding hydrogens is 329 g/mol. The third-order valence-corrected chi connectivity index (χ3v) is 5.93. The number of rotatable bonds is 5. The molecule has 1 saturated carbocycles. The van der Waals surface area contributed by atoms with Crippen LogP contribution in [0.3, 0.4) is 0 Å². The van der Waals surface area contributed by atoms with Gasteiger partial charge in [-0.15, -0.1) is 0 Å². The number of piperidine rings is 1. The molecule has 0 N–H and O–H groups in total. The smallest absolute Gasteiger partial charge is 0.125 e. The minimum Gasteiger partial charge on any atom is -0.493 e. The van der Waals surface area contributed by atoms with Crippen LogP contribution in [0.2, 0.25) is 0 Å². The summed E-state index contributed by atoms with van der Waals surface area (Å²) in [4.78, 5) is 7.15. The first-order chi connectivity index (χ1) is 12.7. The van der Waals surface area contributed by atoms with Gasteiger partial charge >= 0.3 is 0 Å². The van der Waals surface area contributed by atoms with E-state index >= 15 is 0 Å². The molecule has 3 aromatic rings. The zero-order valence-corrected chi connectivity index (χ0v) is 14.8. The van der Waals surface area contributed by atoms with Crippen molar-refractivity contribution in [1.29, 1.82) is 0 Å². The molecule has 1 saturated heterocycles. The Morgan fingerprint density at radius 1 is 1.12 bits per heavy atom. The second kappa shape index (κ2) is 6.09. The van der Waals surface area contributed by atoms with Crippen molar-refractivity contribution in [3.8, 4) is 5.75 Å². The van der Waals surface area contributed by atoms with Gasteiger partial charge in [0.05, 0.1) is 24.2 Å². The van der Waals surface area contributed by atoms with Crippen LogP contribution in [0.25, 0.3) is 11.0 Å². The van der Waals surface area contributed by atoms with Crippen molar-refractivity contribution in [2.24, 2.45) is 24.8 Å². The maximum atomic E-state index is 13.5. The minimum atomic E-state index is -0.212. The molecule has 2 heterocycles. The van der Waals surface area contributed by atoms with Gasteiger partial charge < -0.3 is 9.30 Å². The average Bonchev–Trinajstić information content (AvgIpc) is 2.97. The molecule has 1 aromatic heterocycles. The van der Waals surface area contributed by atoms with Gasteiger partial charge in [-0.25, -0.2) is 9.37 Å². The van der Waals surface area contributed by atoms with Crippen LogP contribution in [0.4, 0.5) is 4.39 Å². The third kappa shape index (κ3) is 2.76. The summed E-state index contributed by atoms with van der Waals surface area (Å²) in [5, 5.41) is 0. The van der Waals surface area contributed by atoms with Crippen molar-refractivity contribution >= 4 is 11.0 Å². The maximum absolute atomic E-state index is 13.5. The summed E-state index contributed by atoms with van der Waals surface area (Å²) in [6, 6.07) is 14.8. The van der Waals surface area contributed by atoms with E-state index in [4.69, 9.17) is 4.74 Å². The molecule has 2 aromatic carbocycles. The van der Waals surface area contributed by atoms with Crippen LogP contribution in [0.1, 0.15) is 5.82 Å². The molecule has 2 fully saturated rings. The first-order valence-corrected chi connectivity index (χ1v) is 9.20. The normalized spacial score (nSPS) is 24.8. The monoisotopic (exact) mass is 351 g/mol. The van der Waals surface area contributed by atoms with Crippen LogP contribution in [-0.2, 0) is 13.6 Å². The molecule has 2 aliphatic rings. The van der Waals surface area contributed by atoms with Gasteiger partial charge in [0.15, 0.2) is 0 Å². The Morgan fingerprint density at radius 2 is 1.88 bits per heavy atom. The number of aromatic nitrogens is 2. The molecule has 0 spiro atoms. The second-order valence-corrected chi connectivity index (χ2v) is 7.53. The van der Waals surface area contributed by atoms with E-state index in [-0.39, 0.29) is 5.82 Å². The lowest BCUT2D eigenvalue weighted by Gasteiger charge is -2.19. The molecule has 134 valence electrons. The molecule has 3 atom stereocenters. The number of likely N-dealkylation sites (tertiary alicyclic amines) is 1. The standard InChI is InChI=1S/C21H22FN3O/c1-24-20-9-14(22)7-8-19(20)23-21(24)12-25-10-16-17(11-25)18(16)13-26-15-5-3-2-4-6-15/h2-9,16-18H,10-13H2,1H3/t16-,17+,18+. The number of hydrogen-bond acceptors (Lipinski definition) is 3. The van der Waals surface area contributed by atoms with Crippen LogP contribution < -0.4 is 4.74 Å². The summed E-state index contributed by atoms with van der Waals surface area (Å²) in [5.41, 5.74) is 1.72. The number of nitrogens with zero attached hydrogens (tertiary/aromatic N) is 3. The number of imidazole rings is 1. The molecule has 5 heteroatoms. The van der Waals surface area contributed by atoms with E-state index < -0.39 is 0 Å². The number of benzene rings is 2. The first kappa shape index (κ1) is 15.8. The number of para-hydroxylation sites is 1. The maximum Gasteiger partial charge on any atom is 0.125 e. The summed E-state index contributed by atoms with van der Waals surface area (Å²) < 4.78 is 21.4. The van der Waals surface area contributed by atoms with Crippen molar-refractivity contribution in [3.63, 3.8) is 0 Å². The number of hydrogen-bond donors (Lipinski definition) is 0.